The number of hydrogen-bond donors (Lipinski definition) is 0. The van der Waals surface area contributed by atoms with Gasteiger partial charge >= 0.3 is 5.97 Å². The highest BCUT2D eigenvalue weighted by Gasteiger charge is 2.14. The lowest BCUT2D eigenvalue weighted by Crippen LogP contribution is -2.08. The third kappa shape index (κ3) is 4.59. The molecule has 1 heterocycles. The Morgan fingerprint density at radius 3 is 2.73 bits per heavy atom. The van der Waals surface area contributed by atoms with Crippen molar-refractivity contribution >= 4 is 17.7 Å². The van der Waals surface area contributed by atoms with Crippen LogP contribution < -0.4 is 0 Å². The standard InChI is InChI=1S/C16H21N3O2S/c1-3-4-10-19-14(11-13-8-6-5-7-9-13)17-18-16(19)22-12-15(20)21-2/h5-9H,3-4,10-12H2,1-2H3. The van der Waals surface area contributed by atoms with Gasteiger partial charge in [-0.3, -0.25) is 4.79 Å². The molecule has 0 bridgehead atoms. The van der Waals surface area contributed by atoms with Crippen molar-refractivity contribution in [2.75, 3.05) is 12.9 Å². The molecular formula is C16H21N3O2S. The first-order valence-electron chi connectivity index (χ1n) is 7.40. The second-order valence-electron chi connectivity index (χ2n) is 4.93. The zero-order valence-corrected chi connectivity index (χ0v) is 13.8. The van der Waals surface area contributed by atoms with E-state index in [1.807, 2.05) is 18.2 Å². The number of benzene rings is 1. The smallest absolute Gasteiger partial charge is 0.316 e. The second-order valence-corrected chi connectivity index (χ2v) is 5.87. The maximum Gasteiger partial charge on any atom is 0.316 e. The molecule has 0 saturated carbocycles. The first-order valence-corrected chi connectivity index (χ1v) is 8.38. The number of carbonyl (C=O) groups is 1. The van der Waals surface area contributed by atoms with Gasteiger partial charge in [0.1, 0.15) is 5.82 Å². The molecule has 0 saturated heterocycles. The summed E-state index contributed by atoms with van der Waals surface area (Å²) in [5.74, 6) is 0.943. The van der Waals surface area contributed by atoms with Crippen LogP contribution in [-0.4, -0.2) is 33.6 Å². The van der Waals surface area contributed by atoms with Crippen LogP contribution >= 0.6 is 11.8 Å². The van der Waals surface area contributed by atoms with Crippen molar-refractivity contribution in [3.05, 3.63) is 41.7 Å². The predicted molar refractivity (Wildman–Crippen MR) is 86.9 cm³/mol. The molecule has 2 aromatic rings. The molecule has 5 nitrogen and oxygen atoms in total. The molecule has 0 radical (unpaired) electrons. The Balaban J connectivity index is 2.14. The average Bonchev–Trinajstić information content (AvgIpc) is 2.93. The van der Waals surface area contributed by atoms with Gasteiger partial charge < -0.3 is 9.30 Å². The third-order valence-corrected chi connectivity index (χ3v) is 4.22. The summed E-state index contributed by atoms with van der Waals surface area (Å²) >= 11 is 1.38. The first kappa shape index (κ1) is 16.5. The van der Waals surface area contributed by atoms with E-state index >= 15 is 0 Å². The van der Waals surface area contributed by atoms with Crippen molar-refractivity contribution in [1.29, 1.82) is 0 Å². The fraction of sp³-hybridized carbons (Fsp3) is 0.438. The van der Waals surface area contributed by atoms with Gasteiger partial charge in [-0.25, -0.2) is 0 Å². The van der Waals surface area contributed by atoms with Crippen LogP contribution in [-0.2, 0) is 22.5 Å². The highest BCUT2D eigenvalue weighted by atomic mass is 32.2. The van der Waals surface area contributed by atoms with Crippen LogP contribution in [0.4, 0.5) is 0 Å². The summed E-state index contributed by atoms with van der Waals surface area (Å²) in [4.78, 5) is 11.3. The van der Waals surface area contributed by atoms with Crippen LogP contribution in [0.5, 0.6) is 0 Å². The Bertz CT molecular complexity index is 599. The number of rotatable bonds is 8. The molecule has 0 atom stereocenters. The minimum atomic E-state index is -0.250. The van der Waals surface area contributed by atoms with Crippen LogP contribution in [0.25, 0.3) is 0 Å². The van der Waals surface area contributed by atoms with Gasteiger partial charge in [0.05, 0.1) is 12.9 Å². The Labute approximate surface area is 135 Å². The molecule has 1 aromatic heterocycles. The highest BCUT2D eigenvalue weighted by molar-refractivity contribution is 7.99. The van der Waals surface area contributed by atoms with E-state index in [2.05, 4.69) is 38.6 Å². The van der Waals surface area contributed by atoms with Crippen LogP contribution in [0.1, 0.15) is 31.2 Å². The second kappa shape index (κ2) is 8.58. The third-order valence-electron chi connectivity index (χ3n) is 3.28. The lowest BCUT2D eigenvalue weighted by Gasteiger charge is -2.09. The summed E-state index contributed by atoms with van der Waals surface area (Å²) in [5.41, 5.74) is 1.21. The number of carbonyl (C=O) groups excluding carboxylic acids is 1. The number of thioether (sulfide) groups is 1. The summed E-state index contributed by atoms with van der Waals surface area (Å²) in [7, 11) is 1.39. The largest absolute Gasteiger partial charge is 0.468 e. The molecule has 6 heteroatoms. The number of nitrogens with zero attached hydrogens (tertiary/aromatic N) is 3. The van der Waals surface area contributed by atoms with Gasteiger partial charge in [0.15, 0.2) is 5.16 Å². The quantitative estimate of drug-likeness (QED) is 0.553. The molecule has 22 heavy (non-hydrogen) atoms. The first-order chi connectivity index (χ1) is 10.7. The average molecular weight is 319 g/mol. The van der Waals surface area contributed by atoms with Crippen molar-refractivity contribution in [1.82, 2.24) is 14.8 Å². The number of hydrogen-bond acceptors (Lipinski definition) is 5. The molecule has 0 aliphatic rings. The summed E-state index contributed by atoms with van der Waals surface area (Å²) in [6.45, 7) is 3.03. The van der Waals surface area contributed by atoms with E-state index < -0.39 is 0 Å². The summed E-state index contributed by atoms with van der Waals surface area (Å²) < 4.78 is 6.79. The van der Waals surface area contributed by atoms with Crippen molar-refractivity contribution in [2.45, 2.75) is 37.9 Å². The van der Waals surface area contributed by atoms with E-state index in [1.54, 1.807) is 0 Å². The molecule has 0 unspecified atom stereocenters. The van der Waals surface area contributed by atoms with Crippen molar-refractivity contribution in [3.63, 3.8) is 0 Å². The van der Waals surface area contributed by atoms with Crippen LogP contribution in [0.3, 0.4) is 0 Å². The van der Waals surface area contributed by atoms with E-state index in [4.69, 9.17) is 0 Å². The van der Waals surface area contributed by atoms with Gasteiger partial charge in [0.2, 0.25) is 0 Å². The highest BCUT2D eigenvalue weighted by Crippen LogP contribution is 2.19. The Kier molecular flexibility index (Phi) is 6.45. The van der Waals surface area contributed by atoms with E-state index in [9.17, 15) is 4.79 Å². The van der Waals surface area contributed by atoms with E-state index in [1.165, 1.54) is 24.4 Å². The molecule has 0 spiro atoms. The number of unbranched alkanes of at least 4 members (excludes halogenated alkanes) is 1. The zero-order valence-electron chi connectivity index (χ0n) is 13.0. The molecule has 0 amide bonds. The van der Waals surface area contributed by atoms with E-state index in [0.29, 0.717) is 0 Å². The van der Waals surface area contributed by atoms with Gasteiger partial charge in [0, 0.05) is 13.0 Å². The fourth-order valence-electron chi connectivity index (χ4n) is 2.06. The molecule has 0 aliphatic heterocycles. The minimum Gasteiger partial charge on any atom is -0.468 e. The number of aromatic nitrogens is 3. The predicted octanol–water partition coefficient (Wildman–Crippen LogP) is 2.93. The van der Waals surface area contributed by atoms with Crippen LogP contribution in [0, 0.1) is 0 Å². The lowest BCUT2D eigenvalue weighted by atomic mass is 10.1. The van der Waals surface area contributed by atoms with Gasteiger partial charge in [-0.2, -0.15) is 0 Å². The minimum absolute atomic E-state index is 0.250. The maximum absolute atomic E-state index is 11.3. The van der Waals surface area contributed by atoms with E-state index in [-0.39, 0.29) is 11.7 Å². The SMILES string of the molecule is CCCCn1c(Cc2ccccc2)nnc1SCC(=O)OC. The molecule has 0 aliphatic carbocycles. The number of ether oxygens (including phenoxy) is 1. The molecule has 118 valence electrons. The van der Waals surface area contributed by atoms with Gasteiger partial charge in [-0.05, 0) is 12.0 Å². The van der Waals surface area contributed by atoms with Crippen LogP contribution in [0.15, 0.2) is 35.5 Å². The van der Waals surface area contributed by atoms with Crippen LogP contribution in [0.2, 0.25) is 0 Å². The van der Waals surface area contributed by atoms with E-state index in [0.717, 1.165) is 36.8 Å². The Morgan fingerprint density at radius 1 is 1.27 bits per heavy atom. The molecule has 2 rings (SSSR count). The van der Waals surface area contributed by atoms with Crippen molar-refractivity contribution in [2.24, 2.45) is 0 Å². The Hall–Kier alpha value is -1.82. The maximum atomic E-state index is 11.3. The monoisotopic (exact) mass is 319 g/mol. The van der Waals surface area contributed by atoms with Gasteiger partial charge in [-0.15, -0.1) is 10.2 Å². The molecular weight excluding hydrogens is 298 g/mol. The molecule has 1 aromatic carbocycles. The Morgan fingerprint density at radius 2 is 2.05 bits per heavy atom. The fourth-order valence-corrected chi connectivity index (χ4v) is 2.87. The van der Waals surface area contributed by atoms with Gasteiger partial charge in [-0.1, -0.05) is 55.4 Å². The van der Waals surface area contributed by atoms with Crippen molar-refractivity contribution in [3.8, 4) is 0 Å². The lowest BCUT2D eigenvalue weighted by molar-refractivity contribution is -0.137. The summed E-state index contributed by atoms with van der Waals surface area (Å²) in [6.07, 6.45) is 2.91. The summed E-state index contributed by atoms with van der Waals surface area (Å²) in [5, 5.41) is 9.33. The number of methoxy groups -OCH3 is 1. The number of esters is 1. The normalized spacial score (nSPS) is 10.6. The van der Waals surface area contributed by atoms with Gasteiger partial charge in [0.25, 0.3) is 0 Å². The van der Waals surface area contributed by atoms with Crippen molar-refractivity contribution < 1.29 is 9.53 Å². The molecule has 0 fully saturated rings. The topological polar surface area (TPSA) is 57.0 Å². The molecule has 0 N–H and O–H groups in total. The summed E-state index contributed by atoms with van der Waals surface area (Å²) in [6, 6.07) is 10.2. The zero-order chi connectivity index (χ0) is 15.8.